The number of benzene rings is 2. The van der Waals surface area contributed by atoms with Crippen LogP contribution in [0.2, 0.25) is 0 Å². The zero-order chi connectivity index (χ0) is 22.3. The molecule has 0 unspecified atom stereocenters. The number of aliphatic imine (C=N–C) groups is 1. The molecule has 0 aliphatic carbocycles. The van der Waals surface area contributed by atoms with E-state index >= 15 is 0 Å². The molecule has 31 heavy (non-hydrogen) atoms. The van der Waals surface area contributed by atoms with Gasteiger partial charge >= 0.3 is 0 Å². The molecule has 0 aliphatic rings. The lowest BCUT2D eigenvalue weighted by Gasteiger charge is -2.11. The van der Waals surface area contributed by atoms with E-state index in [-0.39, 0.29) is 12.3 Å². The Kier molecular flexibility index (Phi) is 7.41. The number of nitrogens with zero attached hydrogens (tertiary/aromatic N) is 2. The van der Waals surface area contributed by atoms with Crippen molar-refractivity contribution in [2.75, 3.05) is 12.8 Å². The van der Waals surface area contributed by atoms with Crippen LogP contribution in [-0.2, 0) is 28.7 Å². The van der Waals surface area contributed by atoms with Crippen LogP contribution < -0.4 is 10.6 Å². The maximum absolute atomic E-state index is 13.7. The molecule has 0 atom stereocenters. The fourth-order valence-electron chi connectivity index (χ4n) is 2.98. The molecule has 3 aromatic rings. The second kappa shape index (κ2) is 10.2. The number of sulfone groups is 1. The molecule has 0 saturated carbocycles. The first-order valence-corrected chi connectivity index (χ1v) is 11.9. The van der Waals surface area contributed by atoms with Crippen LogP contribution in [0.25, 0.3) is 11.3 Å². The number of guanidine groups is 1. The summed E-state index contributed by atoms with van der Waals surface area (Å²) >= 11 is 0. The Morgan fingerprint density at radius 1 is 1.10 bits per heavy atom. The molecule has 0 radical (unpaired) electrons. The Morgan fingerprint density at radius 2 is 1.87 bits per heavy atom. The first kappa shape index (κ1) is 22.5. The van der Waals surface area contributed by atoms with Gasteiger partial charge in [-0.05, 0) is 30.2 Å². The normalized spacial score (nSPS) is 12.0. The second-order valence-corrected chi connectivity index (χ2v) is 9.22. The summed E-state index contributed by atoms with van der Waals surface area (Å²) in [4.78, 5) is 4.47. The average molecular weight is 445 g/mol. The van der Waals surface area contributed by atoms with E-state index < -0.39 is 15.7 Å². The molecule has 9 heteroatoms. The quantitative estimate of drug-likeness (QED) is 0.409. The van der Waals surface area contributed by atoms with E-state index in [0.717, 1.165) is 11.8 Å². The Morgan fingerprint density at radius 3 is 2.58 bits per heavy atom. The van der Waals surface area contributed by atoms with Gasteiger partial charge in [0.15, 0.2) is 21.6 Å². The largest absolute Gasteiger partial charge is 0.357 e. The van der Waals surface area contributed by atoms with Crippen LogP contribution >= 0.6 is 0 Å². The van der Waals surface area contributed by atoms with Crippen molar-refractivity contribution in [3.8, 4) is 11.3 Å². The summed E-state index contributed by atoms with van der Waals surface area (Å²) in [5.74, 6) is 0.575. The van der Waals surface area contributed by atoms with E-state index in [9.17, 15) is 12.8 Å². The SMILES string of the molecule is CCNC(=NCc1cc(F)ccc1CS(C)(=O)=O)NCc1cc(-c2ccccc2)on1. The minimum absolute atomic E-state index is 0.131. The number of aromatic nitrogens is 1. The van der Waals surface area contributed by atoms with Gasteiger partial charge in [0.2, 0.25) is 0 Å². The second-order valence-electron chi connectivity index (χ2n) is 7.08. The fraction of sp³-hybridized carbons (Fsp3) is 0.273. The summed E-state index contributed by atoms with van der Waals surface area (Å²) in [5, 5.41) is 10.3. The Labute approximate surface area is 181 Å². The third-order valence-corrected chi connectivity index (χ3v) is 5.23. The third-order valence-electron chi connectivity index (χ3n) is 4.39. The van der Waals surface area contributed by atoms with Crippen molar-refractivity contribution >= 4 is 15.8 Å². The highest BCUT2D eigenvalue weighted by Gasteiger charge is 2.11. The van der Waals surface area contributed by atoms with Crippen LogP contribution in [0.4, 0.5) is 4.39 Å². The summed E-state index contributed by atoms with van der Waals surface area (Å²) in [7, 11) is -3.25. The first-order chi connectivity index (χ1) is 14.8. The molecule has 1 heterocycles. The topological polar surface area (TPSA) is 96.6 Å². The lowest BCUT2D eigenvalue weighted by atomic mass is 10.1. The Hall–Kier alpha value is -3.20. The minimum Gasteiger partial charge on any atom is -0.357 e. The van der Waals surface area contributed by atoms with Gasteiger partial charge in [-0.1, -0.05) is 41.6 Å². The molecule has 164 valence electrons. The molecular weight excluding hydrogens is 419 g/mol. The van der Waals surface area contributed by atoms with Gasteiger partial charge in [0.25, 0.3) is 0 Å². The molecule has 0 bridgehead atoms. The number of nitrogens with one attached hydrogen (secondary N) is 2. The summed E-state index contributed by atoms with van der Waals surface area (Å²) in [6.45, 7) is 3.06. The van der Waals surface area contributed by atoms with Crippen LogP contribution in [0.5, 0.6) is 0 Å². The van der Waals surface area contributed by atoms with E-state index in [0.29, 0.717) is 41.6 Å². The minimum atomic E-state index is -3.25. The number of hydrogen-bond acceptors (Lipinski definition) is 5. The average Bonchev–Trinajstić information content (AvgIpc) is 3.20. The molecule has 2 aromatic carbocycles. The summed E-state index contributed by atoms with van der Waals surface area (Å²) < 4.78 is 42.5. The number of hydrogen-bond donors (Lipinski definition) is 2. The van der Waals surface area contributed by atoms with E-state index in [1.54, 1.807) is 0 Å². The van der Waals surface area contributed by atoms with Gasteiger partial charge in [-0.15, -0.1) is 0 Å². The third kappa shape index (κ3) is 6.92. The molecule has 0 aliphatic heterocycles. The molecule has 3 rings (SSSR count). The van der Waals surface area contributed by atoms with Gasteiger partial charge in [-0.25, -0.2) is 17.8 Å². The smallest absolute Gasteiger partial charge is 0.191 e. The van der Waals surface area contributed by atoms with E-state index in [4.69, 9.17) is 4.52 Å². The summed E-state index contributed by atoms with van der Waals surface area (Å²) in [5.41, 5.74) is 2.70. The molecule has 1 aromatic heterocycles. The highest BCUT2D eigenvalue weighted by atomic mass is 32.2. The monoisotopic (exact) mass is 444 g/mol. The van der Waals surface area contributed by atoms with Crippen molar-refractivity contribution in [1.29, 1.82) is 0 Å². The maximum atomic E-state index is 13.7. The zero-order valence-corrected chi connectivity index (χ0v) is 18.2. The number of halogens is 1. The van der Waals surface area contributed by atoms with Crippen LogP contribution in [-0.4, -0.2) is 32.3 Å². The van der Waals surface area contributed by atoms with Crippen molar-refractivity contribution < 1.29 is 17.3 Å². The van der Waals surface area contributed by atoms with Crippen molar-refractivity contribution in [3.63, 3.8) is 0 Å². The van der Waals surface area contributed by atoms with Crippen LogP contribution in [0.3, 0.4) is 0 Å². The van der Waals surface area contributed by atoms with Gasteiger partial charge in [-0.3, -0.25) is 0 Å². The molecule has 7 nitrogen and oxygen atoms in total. The standard InChI is InChI=1S/C22H25FN4O3S/c1-3-24-22(25-13-18-11-19(23)10-9-17(18)15-31(2,28)29)26-14-20-12-21(30-27-20)16-7-5-4-6-8-16/h4-12H,3,13-15H2,1-2H3,(H2,24,25,26). The van der Waals surface area contributed by atoms with Gasteiger partial charge in [0.05, 0.1) is 18.8 Å². The lowest BCUT2D eigenvalue weighted by molar-refractivity contribution is 0.422. The lowest BCUT2D eigenvalue weighted by Crippen LogP contribution is -2.36. The van der Waals surface area contributed by atoms with E-state index in [1.165, 1.54) is 18.2 Å². The van der Waals surface area contributed by atoms with E-state index in [1.807, 2.05) is 43.3 Å². The van der Waals surface area contributed by atoms with Crippen molar-refractivity contribution in [3.05, 3.63) is 77.2 Å². The molecule has 0 fully saturated rings. The van der Waals surface area contributed by atoms with Crippen LogP contribution in [0, 0.1) is 5.82 Å². The predicted octanol–water partition coefficient (Wildman–Crippen LogP) is 3.28. The van der Waals surface area contributed by atoms with Crippen molar-refractivity contribution in [2.45, 2.75) is 25.8 Å². The highest BCUT2D eigenvalue weighted by molar-refractivity contribution is 7.89. The van der Waals surface area contributed by atoms with Crippen LogP contribution in [0.15, 0.2) is 64.1 Å². The molecule has 0 saturated heterocycles. The number of rotatable bonds is 8. The predicted molar refractivity (Wildman–Crippen MR) is 119 cm³/mol. The highest BCUT2D eigenvalue weighted by Crippen LogP contribution is 2.19. The zero-order valence-electron chi connectivity index (χ0n) is 17.4. The summed E-state index contributed by atoms with van der Waals surface area (Å²) in [6.07, 6.45) is 1.15. The molecule has 0 spiro atoms. The van der Waals surface area contributed by atoms with Gasteiger partial charge < -0.3 is 15.2 Å². The van der Waals surface area contributed by atoms with Crippen molar-refractivity contribution in [1.82, 2.24) is 15.8 Å². The van der Waals surface area contributed by atoms with Crippen molar-refractivity contribution in [2.24, 2.45) is 4.99 Å². The summed E-state index contributed by atoms with van der Waals surface area (Å²) in [6, 6.07) is 15.6. The molecule has 2 N–H and O–H groups in total. The van der Waals surface area contributed by atoms with E-state index in [2.05, 4.69) is 20.8 Å². The van der Waals surface area contributed by atoms with Gasteiger partial charge in [0.1, 0.15) is 11.5 Å². The van der Waals surface area contributed by atoms with Crippen LogP contribution in [0.1, 0.15) is 23.7 Å². The molecule has 0 amide bonds. The first-order valence-electron chi connectivity index (χ1n) is 9.82. The Bertz CT molecular complexity index is 1140. The maximum Gasteiger partial charge on any atom is 0.191 e. The van der Waals surface area contributed by atoms with Gasteiger partial charge in [0, 0.05) is 24.4 Å². The fourth-order valence-corrected chi connectivity index (χ4v) is 3.83. The molecular formula is C22H25FN4O3S. The Balaban J connectivity index is 1.70. The van der Waals surface area contributed by atoms with Gasteiger partial charge in [-0.2, -0.15) is 0 Å².